The predicted octanol–water partition coefficient (Wildman–Crippen LogP) is 2.28. The predicted molar refractivity (Wildman–Crippen MR) is 81.3 cm³/mol. The zero-order valence-corrected chi connectivity index (χ0v) is 12.3. The lowest BCUT2D eigenvalue weighted by Gasteiger charge is -2.20. The molecule has 0 fully saturated rings. The third-order valence-electron chi connectivity index (χ3n) is 3.12. The first-order valence-electron chi connectivity index (χ1n) is 6.36. The van der Waals surface area contributed by atoms with Crippen molar-refractivity contribution in [2.75, 3.05) is 5.73 Å². The van der Waals surface area contributed by atoms with Crippen molar-refractivity contribution < 1.29 is 5.11 Å². The maximum atomic E-state index is 10.4. The lowest BCUT2D eigenvalue weighted by atomic mass is 10.1. The Balaban J connectivity index is 2.40. The maximum Gasteiger partial charge on any atom is 0.224 e. The number of rotatable bonds is 2. The Kier molecular flexibility index (Phi) is 3.07. The van der Waals surface area contributed by atoms with E-state index in [0.717, 1.165) is 5.39 Å². The Hall–Kier alpha value is -2.18. The van der Waals surface area contributed by atoms with Gasteiger partial charge in [-0.1, -0.05) is 6.07 Å². The van der Waals surface area contributed by atoms with Gasteiger partial charge in [0, 0.05) is 11.6 Å². The molecule has 0 aliphatic rings. The van der Waals surface area contributed by atoms with E-state index in [1.54, 1.807) is 42.8 Å². The SMILES string of the molecule is CC(C)(O)c1cc2cnc(Cl)nc2n1-c1cccc(N)n1. The van der Waals surface area contributed by atoms with Crippen molar-refractivity contribution in [3.8, 4) is 5.82 Å². The lowest BCUT2D eigenvalue weighted by molar-refractivity contribution is 0.0723. The summed E-state index contributed by atoms with van der Waals surface area (Å²) in [4.78, 5) is 12.5. The van der Waals surface area contributed by atoms with Crippen LogP contribution in [0.3, 0.4) is 0 Å². The molecule has 0 aromatic carbocycles. The number of aliphatic hydroxyl groups is 1. The largest absolute Gasteiger partial charge is 0.384 e. The van der Waals surface area contributed by atoms with Crippen LogP contribution in [0.4, 0.5) is 5.82 Å². The second-order valence-electron chi connectivity index (χ2n) is 5.26. The Morgan fingerprint density at radius 1 is 1.29 bits per heavy atom. The number of nitrogen functional groups attached to an aromatic ring is 1. The Morgan fingerprint density at radius 3 is 2.71 bits per heavy atom. The number of nitrogens with two attached hydrogens (primary N) is 1. The van der Waals surface area contributed by atoms with E-state index < -0.39 is 5.60 Å². The minimum Gasteiger partial charge on any atom is -0.384 e. The summed E-state index contributed by atoms with van der Waals surface area (Å²) in [6, 6.07) is 7.10. The quantitative estimate of drug-likeness (QED) is 0.709. The van der Waals surface area contributed by atoms with Crippen LogP contribution in [0, 0.1) is 0 Å². The number of halogens is 1. The molecule has 3 heterocycles. The number of nitrogens with zero attached hydrogens (tertiary/aromatic N) is 4. The smallest absolute Gasteiger partial charge is 0.224 e. The van der Waals surface area contributed by atoms with Gasteiger partial charge in [0.2, 0.25) is 5.28 Å². The van der Waals surface area contributed by atoms with Gasteiger partial charge in [-0.15, -0.1) is 0 Å². The summed E-state index contributed by atoms with van der Waals surface area (Å²) in [5.74, 6) is 0.952. The summed E-state index contributed by atoms with van der Waals surface area (Å²) in [5, 5.41) is 11.3. The van der Waals surface area contributed by atoms with Crippen LogP contribution >= 0.6 is 11.6 Å². The molecule has 7 heteroatoms. The molecule has 6 nitrogen and oxygen atoms in total. The minimum absolute atomic E-state index is 0.132. The van der Waals surface area contributed by atoms with E-state index in [-0.39, 0.29) is 5.28 Å². The van der Waals surface area contributed by atoms with E-state index in [4.69, 9.17) is 17.3 Å². The molecule has 0 aliphatic heterocycles. The summed E-state index contributed by atoms with van der Waals surface area (Å²) in [6.45, 7) is 3.39. The molecule has 0 bridgehead atoms. The van der Waals surface area contributed by atoms with Gasteiger partial charge >= 0.3 is 0 Å². The highest BCUT2D eigenvalue weighted by molar-refractivity contribution is 6.28. The Labute approximate surface area is 126 Å². The molecule has 108 valence electrons. The molecule has 3 aromatic heterocycles. The van der Waals surface area contributed by atoms with Crippen molar-refractivity contribution >= 4 is 28.5 Å². The van der Waals surface area contributed by atoms with E-state index in [2.05, 4.69) is 15.0 Å². The van der Waals surface area contributed by atoms with Crippen LogP contribution in [0.25, 0.3) is 16.9 Å². The zero-order chi connectivity index (χ0) is 15.2. The second kappa shape index (κ2) is 4.68. The van der Waals surface area contributed by atoms with Gasteiger partial charge in [0.25, 0.3) is 0 Å². The van der Waals surface area contributed by atoms with Crippen molar-refractivity contribution in [1.82, 2.24) is 19.5 Å². The first kappa shape index (κ1) is 13.8. The summed E-state index contributed by atoms with van der Waals surface area (Å²) in [5.41, 5.74) is 5.87. The number of fused-ring (bicyclic) bond motifs is 1. The van der Waals surface area contributed by atoms with Crippen molar-refractivity contribution in [1.29, 1.82) is 0 Å². The van der Waals surface area contributed by atoms with Gasteiger partial charge in [0.15, 0.2) is 5.65 Å². The number of hydrogen-bond acceptors (Lipinski definition) is 5. The van der Waals surface area contributed by atoms with Crippen molar-refractivity contribution in [3.63, 3.8) is 0 Å². The summed E-state index contributed by atoms with van der Waals surface area (Å²) in [7, 11) is 0. The van der Waals surface area contributed by atoms with Gasteiger partial charge in [0.05, 0.1) is 11.3 Å². The summed E-state index contributed by atoms with van der Waals surface area (Å²) >= 11 is 5.89. The molecule has 21 heavy (non-hydrogen) atoms. The highest BCUT2D eigenvalue weighted by Gasteiger charge is 2.25. The van der Waals surface area contributed by atoms with E-state index in [1.165, 1.54) is 0 Å². The first-order valence-corrected chi connectivity index (χ1v) is 6.74. The normalized spacial score (nSPS) is 12.0. The van der Waals surface area contributed by atoms with Crippen LogP contribution in [0.5, 0.6) is 0 Å². The topological polar surface area (TPSA) is 89.9 Å². The molecule has 0 radical (unpaired) electrons. The fourth-order valence-corrected chi connectivity index (χ4v) is 2.34. The molecule has 3 N–H and O–H groups in total. The summed E-state index contributed by atoms with van der Waals surface area (Å²) in [6.07, 6.45) is 1.61. The standard InChI is InChI=1S/C14H14ClN5O/c1-14(2,21)9-6-8-7-17-13(15)19-12(8)20(9)11-5-3-4-10(16)18-11/h3-7,21H,1-2H3,(H2,16,18). The van der Waals surface area contributed by atoms with E-state index >= 15 is 0 Å². The molecular formula is C14H14ClN5O. The fraction of sp³-hybridized carbons (Fsp3) is 0.214. The van der Waals surface area contributed by atoms with Crippen LogP contribution in [0.1, 0.15) is 19.5 Å². The molecule has 0 spiro atoms. The Bertz CT molecular complexity index is 822. The van der Waals surface area contributed by atoms with Crippen LogP contribution < -0.4 is 5.73 Å². The molecule has 0 amide bonds. The Morgan fingerprint density at radius 2 is 2.05 bits per heavy atom. The highest BCUT2D eigenvalue weighted by Crippen LogP contribution is 2.30. The van der Waals surface area contributed by atoms with Crippen molar-refractivity contribution in [2.45, 2.75) is 19.4 Å². The molecule has 3 aromatic rings. The number of anilines is 1. The fourth-order valence-electron chi connectivity index (χ4n) is 2.21. The zero-order valence-electron chi connectivity index (χ0n) is 11.6. The first-order chi connectivity index (χ1) is 9.86. The minimum atomic E-state index is -1.08. The van der Waals surface area contributed by atoms with Gasteiger partial charge in [-0.2, -0.15) is 4.98 Å². The van der Waals surface area contributed by atoms with Crippen LogP contribution in [-0.4, -0.2) is 24.6 Å². The molecular weight excluding hydrogens is 290 g/mol. The maximum absolute atomic E-state index is 10.4. The van der Waals surface area contributed by atoms with Crippen molar-refractivity contribution in [2.24, 2.45) is 0 Å². The monoisotopic (exact) mass is 303 g/mol. The van der Waals surface area contributed by atoms with E-state index in [0.29, 0.717) is 23.0 Å². The van der Waals surface area contributed by atoms with Crippen LogP contribution in [0.2, 0.25) is 5.28 Å². The van der Waals surface area contributed by atoms with Gasteiger partial charge in [-0.25, -0.2) is 9.97 Å². The second-order valence-corrected chi connectivity index (χ2v) is 5.60. The van der Waals surface area contributed by atoms with Gasteiger partial charge in [-0.3, -0.25) is 4.57 Å². The van der Waals surface area contributed by atoms with Crippen LogP contribution in [0.15, 0.2) is 30.5 Å². The highest BCUT2D eigenvalue weighted by atomic mass is 35.5. The molecule has 0 saturated heterocycles. The van der Waals surface area contributed by atoms with Gasteiger partial charge in [-0.05, 0) is 43.6 Å². The van der Waals surface area contributed by atoms with Crippen molar-refractivity contribution in [3.05, 3.63) is 41.4 Å². The molecule has 0 unspecified atom stereocenters. The van der Waals surface area contributed by atoms with Gasteiger partial charge < -0.3 is 10.8 Å². The molecule has 0 aliphatic carbocycles. The molecule has 3 rings (SSSR count). The van der Waals surface area contributed by atoms with E-state index in [1.807, 2.05) is 6.07 Å². The average Bonchev–Trinajstić information content (AvgIpc) is 2.77. The average molecular weight is 304 g/mol. The lowest BCUT2D eigenvalue weighted by Crippen LogP contribution is -2.20. The van der Waals surface area contributed by atoms with Crippen LogP contribution in [-0.2, 0) is 5.60 Å². The van der Waals surface area contributed by atoms with E-state index in [9.17, 15) is 5.11 Å². The number of aromatic nitrogens is 4. The van der Waals surface area contributed by atoms with Gasteiger partial charge in [0.1, 0.15) is 11.6 Å². The molecule has 0 atom stereocenters. The summed E-state index contributed by atoms with van der Waals surface area (Å²) < 4.78 is 1.74. The third-order valence-corrected chi connectivity index (χ3v) is 3.31. The molecule has 0 saturated carbocycles. The third kappa shape index (κ3) is 2.43. The number of hydrogen-bond donors (Lipinski definition) is 2. The number of pyridine rings is 1.